The van der Waals surface area contributed by atoms with E-state index in [9.17, 15) is 0 Å². The molecule has 148 valence electrons. The van der Waals surface area contributed by atoms with Crippen LogP contribution in [0.1, 0.15) is 17.2 Å². The van der Waals surface area contributed by atoms with Crippen LogP contribution in [0.25, 0.3) is 43.7 Å². The fourth-order valence-corrected chi connectivity index (χ4v) is 4.57. The minimum absolute atomic E-state index is 0.0538. The zero-order chi connectivity index (χ0) is 20.8. The summed E-state index contributed by atoms with van der Waals surface area (Å²) in [6.07, 6.45) is 10.1. The van der Waals surface area contributed by atoms with Crippen molar-refractivity contribution in [3.05, 3.63) is 108 Å². The summed E-state index contributed by atoms with van der Waals surface area (Å²) in [4.78, 5) is 8.29. The molecule has 1 aliphatic heterocycles. The molecule has 0 bridgehead atoms. The monoisotopic (exact) mass is 398 g/mol. The van der Waals surface area contributed by atoms with E-state index >= 15 is 0 Å². The zero-order valence-corrected chi connectivity index (χ0v) is 17.3. The lowest BCUT2D eigenvalue weighted by Gasteiger charge is -2.13. The fraction of sp³-hybridized carbons (Fsp3) is 0.0690. The Morgan fingerprint density at radius 2 is 1.48 bits per heavy atom. The number of aromatic amines is 1. The number of allylic oxidation sites excluding steroid dienone is 3. The first-order valence-electron chi connectivity index (χ1n) is 10.7. The van der Waals surface area contributed by atoms with Crippen molar-refractivity contribution in [2.45, 2.75) is 13.0 Å². The molecule has 0 spiro atoms. The molecule has 2 heteroatoms. The molecule has 2 nitrogen and oxygen atoms in total. The summed E-state index contributed by atoms with van der Waals surface area (Å²) >= 11 is 0. The smallest absolute Gasteiger partial charge is 0.0936 e. The Morgan fingerprint density at radius 3 is 2.39 bits per heavy atom. The standard InChI is InChI=1S/C29H22N2/c1-19-10-11-22(15-24(19)27-9-3-2-6-14-30-27)23-12-13-28-25(17-23)26-16-20-7-4-5-8-21(20)18-29(26)31-28/h2-18,27,31H,1H3. The van der Waals surface area contributed by atoms with Crippen molar-refractivity contribution in [3.8, 4) is 11.1 Å². The van der Waals surface area contributed by atoms with Gasteiger partial charge < -0.3 is 4.98 Å². The third-order valence-electron chi connectivity index (χ3n) is 6.24. The molecule has 1 atom stereocenters. The van der Waals surface area contributed by atoms with Gasteiger partial charge in [-0.25, -0.2) is 0 Å². The van der Waals surface area contributed by atoms with Crippen LogP contribution < -0.4 is 0 Å². The highest BCUT2D eigenvalue weighted by Crippen LogP contribution is 2.34. The summed E-state index contributed by atoms with van der Waals surface area (Å²) in [5, 5.41) is 5.06. The molecule has 31 heavy (non-hydrogen) atoms. The van der Waals surface area contributed by atoms with Crippen molar-refractivity contribution >= 4 is 38.8 Å². The number of nitrogens with zero attached hydrogens (tertiary/aromatic N) is 1. The predicted octanol–water partition coefficient (Wildman–Crippen LogP) is 7.69. The summed E-state index contributed by atoms with van der Waals surface area (Å²) in [7, 11) is 0. The third-order valence-corrected chi connectivity index (χ3v) is 6.24. The van der Waals surface area contributed by atoms with Gasteiger partial charge in [-0.2, -0.15) is 0 Å². The Bertz CT molecular complexity index is 1530. The molecule has 2 heterocycles. The van der Waals surface area contributed by atoms with Gasteiger partial charge in [-0.1, -0.05) is 60.7 Å². The highest BCUT2D eigenvalue weighted by atomic mass is 14.8. The lowest BCUT2D eigenvalue weighted by molar-refractivity contribution is 0.909. The van der Waals surface area contributed by atoms with Gasteiger partial charge in [0.25, 0.3) is 0 Å². The van der Waals surface area contributed by atoms with E-state index in [0.29, 0.717) is 0 Å². The molecule has 0 saturated heterocycles. The van der Waals surface area contributed by atoms with Gasteiger partial charge in [-0.05, 0) is 76.4 Å². The molecule has 1 unspecified atom stereocenters. The molecule has 0 radical (unpaired) electrons. The van der Waals surface area contributed by atoms with Crippen LogP contribution >= 0.6 is 0 Å². The van der Waals surface area contributed by atoms with E-state index in [1.165, 1.54) is 54.8 Å². The number of hydrogen-bond acceptors (Lipinski definition) is 1. The number of aliphatic imine (C=N–C) groups is 1. The molecular formula is C29H22N2. The molecule has 6 rings (SSSR count). The minimum Gasteiger partial charge on any atom is -0.354 e. The molecule has 0 aliphatic carbocycles. The number of benzene rings is 4. The quantitative estimate of drug-likeness (QED) is 0.316. The number of H-pyrrole nitrogens is 1. The van der Waals surface area contributed by atoms with Crippen molar-refractivity contribution in [1.29, 1.82) is 0 Å². The first-order chi connectivity index (χ1) is 15.3. The van der Waals surface area contributed by atoms with Crippen molar-refractivity contribution in [2.75, 3.05) is 0 Å². The SMILES string of the molecule is Cc1ccc(-c2ccc3[nH]c4cc5ccccc5cc4c3c2)cc1C1C=CC=CC=N1. The topological polar surface area (TPSA) is 28.1 Å². The number of rotatable bonds is 2. The number of fused-ring (bicyclic) bond motifs is 4. The van der Waals surface area contributed by atoms with Crippen LogP contribution in [-0.2, 0) is 0 Å². The lowest BCUT2D eigenvalue weighted by atomic mass is 9.94. The second kappa shape index (κ2) is 7.10. The van der Waals surface area contributed by atoms with Crippen molar-refractivity contribution in [2.24, 2.45) is 4.99 Å². The Balaban J connectivity index is 1.50. The molecular weight excluding hydrogens is 376 g/mol. The molecule has 0 fully saturated rings. The van der Waals surface area contributed by atoms with Gasteiger partial charge in [0.15, 0.2) is 0 Å². The first-order valence-corrected chi connectivity index (χ1v) is 10.7. The fourth-order valence-electron chi connectivity index (χ4n) is 4.57. The largest absolute Gasteiger partial charge is 0.354 e. The van der Waals surface area contributed by atoms with Crippen LogP contribution in [-0.4, -0.2) is 11.2 Å². The molecule has 5 aromatic rings. The van der Waals surface area contributed by atoms with Gasteiger partial charge in [-0.15, -0.1) is 0 Å². The normalized spacial score (nSPS) is 15.8. The van der Waals surface area contributed by atoms with E-state index in [1.807, 2.05) is 18.4 Å². The van der Waals surface area contributed by atoms with Crippen LogP contribution in [0.2, 0.25) is 0 Å². The Morgan fingerprint density at radius 1 is 0.710 bits per heavy atom. The van der Waals surface area contributed by atoms with Crippen LogP contribution in [0, 0.1) is 6.92 Å². The van der Waals surface area contributed by atoms with Gasteiger partial charge in [0.2, 0.25) is 0 Å². The minimum atomic E-state index is 0.0538. The Hall–Kier alpha value is -3.91. The Kier molecular flexibility index (Phi) is 4.10. The number of aryl methyl sites for hydroxylation is 1. The summed E-state index contributed by atoms with van der Waals surface area (Å²) in [5.41, 5.74) is 7.31. The number of aromatic nitrogens is 1. The van der Waals surface area contributed by atoms with Gasteiger partial charge in [0.1, 0.15) is 0 Å². The van der Waals surface area contributed by atoms with Crippen molar-refractivity contribution < 1.29 is 0 Å². The van der Waals surface area contributed by atoms with E-state index in [2.05, 4.69) is 96.9 Å². The lowest BCUT2D eigenvalue weighted by Crippen LogP contribution is -1.96. The summed E-state index contributed by atoms with van der Waals surface area (Å²) in [5.74, 6) is 0. The highest BCUT2D eigenvalue weighted by molar-refractivity contribution is 6.12. The van der Waals surface area contributed by atoms with Gasteiger partial charge >= 0.3 is 0 Å². The highest BCUT2D eigenvalue weighted by Gasteiger charge is 2.13. The predicted molar refractivity (Wildman–Crippen MR) is 133 cm³/mol. The van der Waals surface area contributed by atoms with Gasteiger partial charge in [-0.3, -0.25) is 4.99 Å². The van der Waals surface area contributed by atoms with Crippen LogP contribution in [0.15, 0.2) is 102 Å². The van der Waals surface area contributed by atoms with E-state index in [-0.39, 0.29) is 6.04 Å². The summed E-state index contributed by atoms with van der Waals surface area (Å²) in [6.45, 7) is 2.16. The average molecular weight is 399 g/mol. The van der Waals surface area contributed by atoms with Gasteiger partial charge in [0.05, 0.1) is 6.04 Å². The molecule has 0 saturated carbocycles. The average Bonchev–Trinajstić information content (AvgIpc) is 2.96. The van der Waals surface area contributed by atoms with Gasteiger partial charge in [0, 0.05) is 28.0 Å². The maximum Gasteiger partial charge on any atom is 0.0936 e. The van der Waals surface area contributed by atoms with E-state index in [1.54, 1.807) is 0 Å². The summed E-state index contributed by atoms with van der Waals surface area (Å²) in [6, 6.07) is 26.6. The molecule has 1 aliphatic rings. The zero-order valence-electron chi connectivity index (χ0n) is 17.3. The first kappa shape index (κ1) is 17.9. The summed E-state index contributed by atoms with van der Waals surface area (Å²) < 4.78 is 0. The van der Waals surface area contributed by atoms with E-state index in [0.717, 1.165) is 0 Å². The molecule has 4 aromatic carbocycles. The molecule has 1 N–H and O–H groups in total. The molecule has 1 aromatic heterocycles. The van der Waals surface area contributed by atoms with Crippen LogP contribution in [0.3, 0.4) is 0 Å². The van der Waals surface area contributed by atoms with Crippen LogP contribution in [0.4, 0.5) is 0 Å². The molecule has 0 amide bonds. The van der Waals surface area contributed by atoms with Crippen molar-refractivity contribution in [3.63, 3.8) is 0 Å². The second-order valence-electron chi connectivity index (χ2n) is 8.21. The van der Waals surface area contributed by atoms with E-state index in [4.69, 9.17) is 4.99 Å². The van der Waals surface area contributed by atoms with Crippen molar-refractivity contribution in [1.82, 2.24) is 4.98 Å². The second-order valence-corrected chi connectivity index (χ2v) is 8.21. The van der Waals surface area contributed by atoms with E-state index < -0.39 is 0 Å². The number of nitrogens with one attached hydrogen (secondary N) is 1. The maximum absolute atomic E-state index is 4.70. The van der Waals surface area contributed by atoms with Crippen LogP contribution in [0.5, 0.6) is 0 Å². The Labute approximate surface area is 181 Å². The number of hydrogen-bond donors (Lipinski definition) is 1. The third kappa shape index (κ3) is 3.08. The maximum atomic E-state index is 4.70.